The van der Waals surface area contributed by atoms with Crippen LogP contribution in [0.1, 0.15) is 6.42 Å². The SMILES string of the molecule is COC(=O)CCn1cnc(N)n1. The van der Waals surface area contributed by atoms with Gasteiger partial charge in [0.2, 0.25) is 5.95 Å². The topological polar surface area (TPSA) is 83.0 Å². The Hall–Kier alpha value is -1.59. The molecular weight excluding hydrogens is 160 g/mol. The third kappa shape index (κ3) is 2.22. The summed E-state index contributed by atoms with van der Waals surface area (Å²) < 4.78 is 5.94. The molecule has 1 rings (SSSR count). The second kappa shape index (κ2) is 3.70. The van der Waals surface area contributed by atoms with Crippen molar-refractivity contribution in [2.45, 2.75) is 13.0 Å². The summed E-state index contributed by atoms with van der Waals surface area (Å²) in [4.78, 5) is 14.4. The number of aromatic nitrogens is 3. The number of rotatable bonds is 3. The zero-order valence-electron chi connectivity index (χ0n) is 6.73. The summed E-state index contributed by atoms with van der Waals surface area (Å²) in [7, 11) is 1.35. The highest BCUT2D eigenvalue weighted by Crippen LogP contribution is 1.93. The van der Waals surface area contributed by atoms with Crippen molar-refractivity contribution in [2.75, 3.05) is 12.8 Å². The van der Waals surface area contributed by atoms with Crippen LogP contribution in [0.5, 0.6) is 0 Å². The first kappa shape index (κ1) is 8.51. The lowest BCUT2D eigenvalue weighted by atomic mass is 10.4. The fourth-order valence-electron chi connectivity index (χ4n) is 0.725. The molecule has 0 unspecified atom stereocenters. The highest BCUT2D eigenvalue weighted by Gasteiger charge is 2.01. The molecule has 1 heterocycles. The van der Waals surface area contributed by atoms with Gasteiger partial charge < -0.3 is 10.5 Å². The van der Waals surface area contributed by atoms with E-state index in [1.807, 2.05) is 0 Å². The largest absolute Gasteiger partial charge is 0.469 e. The minimum atomic E-state index is -0.274. The Morgan fingerprint density at radius 1 is 1.83 bits per heavy atom. The first-order chi connectivity index (χ1) is 5.72. The summed E-state index contributed by atoms with van der Waals surface area (Å²) in [6.45, 7) is 0.441. The van der Waals surface area contributed by atoms with E-state index in [9.17, 15) is 4.79 Å². The molecule has 0 saturated carbocycles. The lowest BCUT2D eigenvalue weighted by Gasteiger charge is -1.97. The van der Waals surface area contributed by atoms with Crippen molar-refractivity contribution in [3.05, 3.63) is 6.33 Å². The predicted molar refractivity (Wildman–Crippen MR) is 41.1 cm³/mol. The molecule has 0 aromatic carbocycles. The molecular formula is C6H10N4O2. The maximum Gasteiger partial charge on any atom is 0.307 e. The van der Waals surface area contributed by atoms with Gasteiger partial charge in [-0.15, -0.1) is 5.10 Å². The summed E-state index contributed by atoms with van der Waals surface area (Å²) in [5.41, 5.74) is 5.26. The zero-order valence-corrected chi connectivity index (χ0v) is 6.73. The third-order valence-electron chi connectivity index (χ3n) is 1.33. The van der Waals surface area contributed by atoms with Gasteiger partial charge >= 0.3 is 5.97 Å². The maximum absolute atomic E-state index is 10.7. The smallest absolute Gasteiger partial charge is 0.307 e. The standard InChI is InChI=1S/C6H10N4O2/c1-12-5(11)2-3-10-4-8-6(7)9-10/h4H,2-3H2,1H3,(H2,7,9). The van der Waals surface area contributed by atoms with Gasteiger partial charge in [0.1, 0.15) is 6.33 Å². The number of hydrogen-bond donors (Lipinski definition) is 1. The molecule has 12 heavy (non-hydrogen) atoms. The number of ether oxygens (including phenoxy) is 1. The second-order valence-electron chi connectivity index (χ2n) is 2.19. The number of carbonyl (C=O) groups excluding carboxylic acids is 1. The Bertz CT molecular complexity index is 270. The first-order valence-corrected chi connectivity index (χ1v) is 3.44. The minimum absolute atomic E-state index is 0.208. The van der Waals surface area contributed by atoms with Crippen LogP contribution in [0, 0.1) is 0 Å². The fraction of sp³-hybridized carbons (Fsp3) is 0.500. The van der Waals surface area contributed by atoms with E-state index >= 15 is 0 Å². The fourth-order valence-corrected chi connectivity index (χ4v) is 0.725. The van der Waals surface area contributed by atoms with Crippen molar-refractivity contribution in [1.82, 2.24) is 14.8 Å². The molecule has 66 valence electrons. The Labute approximate surface area is 69.3 Å². The first-order valence-electron chi connectivity index (χ1n) is 3.44. The lowest BCUT2D eigenvalue weighted by Crippen LogP contribution is -2.07. The van der Waals surface area contributed by atoms with Crippen LogP contribution in [0.3, 0.4) is 0 Å². The van der Waals surface area contributed by atoms with Gasteiger partial charge in [-0.1, -0.05) is 0 Å². The average Bonchev–Trinajstić information content (AvgIpc) is 2.47. The summed E-state index contributed by atoms with van der Waals surface area (Å²) in [6.07, 6.45) is 1.75. The van der Waals surface area contributed by atoms with Crippen molar-refractivity contribution in [2.24, 2.45) is 0 Å². The second-order valence-corrected chi connectivity index (χ2v) is 2.19. The van der Waals surface area contributed by atoms with Gasteiger partial charge in [0.15, 0.2) is 0 Å². The van der Waals surface area contributed by atoms with Gasteiger partial charge in [-0.05, 0) is 0 Å². The number of methoxy groups -OCH3 is 1. The predicted octanol–water partition coefficient (Wildman–Crippen LogP) is -0.577. The number of nitrogens with zero attached hydrogens (tertiary/aromatic N) is 3. The third-order valence-corrected chi connectivity index (χ3v) is 1.33. The van der Waals surface area contributed by atoms with Crippen LogP contribution in [0.15, 0.2) is 6.33 Å². The van der Waals surface area contributed by atoms with Crippen molar-refractivity contribution >= 4 is 11.9 Å². The van der Waals surface area contributed by atoms with Gasteiger partial charge in [0.05, 0.1) is 20.1 Å². The van der Waals surface area contributed by atoms with E-state index in [1.54, 1.807) is 0 Å². The van der Waals surface area contributed by atoms with E-state index in [0.29, 0.717) is 6.54 Å². The molecule has 0 aliphatic carbocycles. The normalized spacial score (nSPS) is 9.75. The Balaban J connectivity index is 2.38. The monoisotopic (exact) mass is 170 g/mol. The minimum Gasteiger partial charge on any atom is -0.469 e. The molecule has 0 spiro atoms. The summed E-state index contributed by atoms with van der Waals surface area (Å²) in [6, 6.07) is 0. The van der Waals surface area contributed by atoms with Gasteiger partial charge in [-0.3, -0.25) is 9.48 Å². The zero-order chi connectivity index (χ0) is 8.97. The Morgan fingerprint density at radius 3 is 3.08 bits per heavy atom. The Kier molecular flexibility index (Phi) is 2.62. The number of nitrogen functional groups attached to an aromatic ring is 1. The molecule has 6 heteroatoms. The van der Waals surface area contributed by atoms with Crippen molar-refractivity contribution in [3.63, 3.8) is 0 Å². The van der Waals surface area contributed by atoms with Crippen molar-refractivity contribution < 1.29 is 9.53 Å². The molecule has 0 aliphatic rings. The van der Waals surface area contributed by atoms with Crippen LogP contribution < -0.4 is 5.73 Å². The van der Waals surface area contributed by atoms with Crippen molar-refractivity contribution in [1.29, 1.82) is 0 Å². The quantitative estimate of drug-likeness (QED) is 0.614. The summed E-state index contributed by atoms with van der Waals surface area (Å²) in [5.74, 6) is -0.0658. The van der Waals surface area contributed by atoms with Crippen molar-refractivity contribution in [3.8, 4) is 0 Å². The molecule has 0 atom stereocenters. The highest BCUT2D eigenvalue weighted by atomic mass is 16.5. The highest BCUT2D eigenvalue weighted by molar-refractivity contribution is 5.68. The van der Waals surface area contributed by atoms with E-state index < -0.39 is 0 Å². The van der Waals surface area contributed by atoms with Crippen LogP contribution in [0.25, 0.3) is 0 Å². The van der Waals surface area contributed by atoms with Gasteiger partial charge in [0.25, 0.3) is 0 Å². The molecule has 0 saturated heterocycles. The van der Waals surface area contributed by atoms with Gasteiger partial charge in [-0.2, -0.15) is 0 Å². The van der Waals surface area contributed by atoms with Gasteiger partial charge in [-0.25, -0.2) is 4.98 Å². The molecule has 6 nitrogen and oxygen atoms in total. The molecule has 0 bridgehead atoms. The van der Waals surface area contributed by atoms with Crippen LogP contribution in [0.4, 0.5) is 5.95 Å². The van der Waals surface area contributed by atoms with Crippen LogP contribution in [-0.2, 0) is 16.1 Å². The summed E-state index contributed by atoms with van der Waals surface area (Å²) >= 11 is 0. The van der Waals surface area contributed by atoms with E-state index in [-0.39, 0.29) is 18.3 Å². The van der Waals surface area contributed by atoms with Crippen LogP contribution >= 0.6 is 0 Å². The number of aryl methyl sites for hydroxylation is 1. The van der Waals surface area contributed by atoms with E-state index in [1.165, 1.54) is 18.1 Å². The molecule has 0 fully saturated rings. The molecule has 2 N–H and O–H groups in total. The lowest BCUT2D eigenvalue weighted by molar-refractivity contribution is -0.140. The molecule has 1 aromatic heterocycles. The van der Waals surface area contributed by atoms with Crippen LogP contribution in [0.2, 0.25) is 0 Å². The summed E-state index contributed by atoms with van der Waals surface area (Å²) in [5, 5.41) is 3.79. The van der Waals surface area contributed by atoms with E-state index in [2.05, 4.69) is 14.8 Å². The molecule has 1 aromatic rings. The Morgan fingerprint density at radius 2 is 2.58 bits per heavy atom. The van der Waals surface area contributed by atoms with E-state index in [0.717, 1.165) is 0 Å². The molecule has 0 amide bonds. The van der Waals surface area contributed by atoms with Crippen LogP contribution in [-0.4, -0.2) is 27.8 Å². The number of hydrogen-bond acceptors (Lipinski definition) is 5. The molecule has 0 aliphatic heterocycles. The number of nitrogens with two attached hydrogens (primary N) is 1. The number of anilines is 1. The molecule has 0 radical (unpaired) electrons. The van der Waals surface area contributed by atoms with Gasteiger partial charge in [0, 0.05) is 0 Å². The maximum atomic E-state index is 10.7. The average molecular weight is 170 g/mol. The number of esters is 1. The number of carbonyl (C=O) groups is 1. The van der Waals surface area contributed by atoms with E-state index in [4.69, 9.17) is 5.73 Å².